The summed E-state index contributed by atoms with van der Waals surface area (Å²) >= 11 is 0. The van der Waals surface area contributed by atoms with Gasteiger partial charge in [0.1, 0.15) is 5.60 Å². The fourth-order valence-corrected chi connectivity index (χ4v) is 1.59. The Morgan fingerprint density at radius 1 is 1.53 bits per heavy atom. The largest absolute Gasteiger partial charge is 0.399 e. The summed E-state index contributed by atoms with van der Waals surface area (Å²) in [4.78, 5) is 13.9. The molecule has 94 valence electrons. The predicted molar refractivity (Wildman–Crippen MR) is 70.0 cm³/mol. The van der Waals surface area contributed by atoms with Crippen molar-refractivity contribution >= 4 is 17.3 Å². The van der Waals surface area contributed by atoms with Crippen LogP contribution in [-0.4, -0.2) is 25.7 Å². The molecule has 0 heterocycles. The second-order valence-corrected chi connectivity index (χ2v) is 4.25. The first-order chi connectivity index (χ1) is 7.94. The number of nitrogen functional groups attached to an aromatic ring is 1. The van der Waals surface area contributed by atoms with E-state index in [2.05, 4.69) is 0 Å². The van der Waals surface area contributed by atoms with Gasteiger partial charge >= 0.3 is 0 Å². The summed E-state index contributed by atoms with van der Waals surface area (Å²) in [5.41, 5.74) is 6.32. The van der Waals surface area contributed by atoms with Gasteiger partial charge in [-0.2, -0.15) is 0 Å². The molecule has 1 atom stereocenters. The van der Waals surface area contributed by atoms with E-state index in [0.29, 0.717) is 12.1 Å². The number of carbonyl (C=O) groups is 1. The lowest BCUT2D eigenvalue weighted by Crippen LogP contribution is -2.46. The van der Waals surface area contributed by atoms with Crippen LogP contribution in [0.1, 0.15) is 20.3 Å². The summed E-state index contributed by atoms with van der Waals surface area (Å²) in [6.45, 7) is 3.72. The van der Waals surface area contributed by atoms with Crippen LogP contribution >= 0.6 is 0 Å². The summed E-state index contributed by atoms with van der Waals surface area (Å²) in [5.74, 6) is -0.0758. The van der Waals surface area contributed by atoms with E-state index < -0.39 is 5.60 Å². The van der Waals surface area contributed by atoms with Gasteiger partial charge < -0.3 is 15.4 Å². The van der Waals surface area contributed by atoms with Gasteiger partial charge in [-0.05, 0) is 31.5 Å². The van der Waals surface area contributed by atoms with Crippen LogP contribution in [0.3, 0.4) is 0 Å². The zero-order valence-electron chi connectivity index (χ0n) is 10.9. The molecule has 2 N–H and O–H groups in total. The van der Waals surface area contributed by atoms with Crippen LogP contribution in [0.4, 0.5) is 11.4 Å². The Morgan fingerprint density at radius 2 is 2.18 bits per heavy atom. The fourth-order valence-electron chi connectivity index (χ4n) is 1.59. The normalized spacial score (nSPS) is 14.1. The number of nitrogens with zero attached hydrogens (tertiary/aromatic N) is 1. The maximum absolute atomic E-state index is 12.3. The highest BCUT2D eigenvalue weighted by molar-refractivity contribution is 5.99. The highest BCUT2D eigenvalue weighted by Gasteiger charge is 2.34. The summed E-state index contributed by atoms with van der Waals surface area (Å²) in [6.07, 6.45) is 0.620. The molecule has 1 unspecified atom stereocenters. The van der Waals surface area contributed by atoms with Gasteiger partial charge in [0, 0.05) is 25.5 Å². The lowest BCUT2D eigenvalue weighted by Gasteiger charge is -2.30. The maximum atomic E-state index is 12.3. The van der Waals surface area contributed by atoms with Crippen molar-refractivity contribution in [1.29, 1.82) is 0 Å². The number of likely N-dealkylation sites (N-methyl/N-ethyl adjacent to an activating group) is 1. The average molecular weight is 236 g/mol. The number of anilines is 2. The molecule has 0 saturated carbocycles. The first-order valence-corrected chi connectivity index (χ1v) is 5.63. The van der Waals surface area contributed by atoms with Crippen molar-refractivity contribution in [3.05, 3.63) is 24.3 Å². The SMILES string of the molecule is CCC(C)(OC)C(=O)N(C)c1cccc(N)c1. The quantitative estimate of drug-likeness (QED) is 0.814. The lowest BCUT2D eigenvalue weighted by atomic mass is 10.0. The van der Waals surface area contributed by atoms with E-state index in [1.807, 2.05) is 19.1 Å². The molecule has 17 heavy (non-hydrogen) atoms. The van der Waals surface area contributed by atoms with E-state index in [1.54, 1.807) is 38.1 Å². The number of benzene rings is 1. The van der Waals surface area contributed by atoms with Gasteiger partial charge in [0.05, 0.1) is 0 Å². The molecule has 4 nitrogen and oxygen atoms in total. The van der Waals surface area contributed by atoms with Crippen LogP contribution in [0.15, 0.2) is 24.3 Å². The van der Waals surface area contributed by atoms with E-state index in [4.69, 9.17) is 10.5 Å². The Kier molecular flexibility index (Phi) is 4.12. The Balaban J connectivity index is 2.97. The molecule has 0 radical (unpaired) electrons. The van der Waals surface area contributed by atoms with Crippen molar-refractivity contribution in [3.8, 4) is 0 Å². The third-order valence-corrected chi connectivity index (χ3v) is 3.14. The first kappa shape index (κ1) is 13.5. The molecule has 0 aliphatic heterocycles. The van der Waals surface area contributed by atoms with Gasteiger partial charge in [-0.1, -0.05) is 13.0 Å². The summed E-state index contributed by atoms with van der Waals surface area (Å²) < 4.78 is 5.30. The molecule has 0 saturated heterocycles. The van der Waals surface area contributed by atoms with Gasteiger partial charge in [-0.3, -0.25) is 4.79 Å². The minimum atomic E-state index is -0.792. The molecular formula is C13H20N2O2. The van der Waals surface area contributed by atoms with Gasteiger partial charge in [0.2, 0.25) is 0 Å². The molecule has 4 heteroatoms. The molecule has 1 aromatic carbocycles. The number of hydrogen-bond donors (Lipinski definition) is 1. The smallest absolute Gasteiger partial charge is 0.258 e. The molecular weight excluding hydrogens is 216 g/mol. The summed E-state index contributed by atoms with van der Waals surface area (Å²) in [6, 6.07) is 7.23. The highest BCUT2D eigenvalue weighted by atomic mass is 16.5. The van der Waals surface area contributed by atoms with Crippen molar-refractivity contribution in [2.45, 2.75) is 25.9 Å². The van der Waals surface area contributed by atoms with Crippen molar-refractivity contribution < 1.29 is 9.53 Å². The minimum absolute atomic E-state index is 0.0758. The van der Waals surface area contributed by atoms with Crippen molar-refractivity contribution in [2.75, 3.05) is 24.8 Å². The van der Waals surface area contributed by atoms with Crippen LogP contribution in [0.5, 0.6) is 0 Å². The predicted octanol–water partition coefficient (Wildman–Crippen LogP) is 2.05. The number of nitrogens with two attached hydrogens (primary N) is 1. The molecule has 0 aromatic heterocycles. The van der Waals surface area contributed by atoms with Crippen LogP contribution in [0.25, 0.3) is 0 Å². The third kappa shape index (κ3) is 2.77. The third-order valence-electron chi connectivity index (χ3n) is 3.14. The van der Waals surface area contributed by atoms with Crippen molar-refractivity contribution in [2.24, 2.45) is 0 Å². The van der Waals surface area contributed by atoms with Crippen LogP contribution in [0.2, 0.25) is 0 Å². The number of rotatable bonds is 4. The standard InChI is InChI=1S/C13H20N2O2/c1-5-13(2,17-4)12(16)15(3)11-8-6-7-10(14)9-11/h6-9H,5,14H2,1-4H3. The van der Waals surface area contributed by atoms with Crippen LogP contribution in [-0.2, 0) is 9.53 Å². The maximum Gasteiger partial charge on any atom is 0.258 e. The number of ether oxygens (including phenoxy) is 1. The van der Waals surface area contributed by atoms with E-state index in [0.717, 1.165) is 5.69 Å². The van der Waals surface area contributed by atoms with Crippen LogP contribution < -0.4 is 10.6 Å². The first-order valence-electron chi connectivity index (χ1n) is 5.63. The Morgan fingerprint density at radius 3 is 2.65 bits per heavy atom. The topological polar surface area (TPSA) is 55.6 Å². The molecule has 1 aromatic rings. The molecule has 1 rings (SSSR count). The van der Waals surface area contributed by atoms with Crippen molar-refractivity contribution in [3.63, 3.8) is 0 Å². The molecule has 0 bridgehead atoms. The lowest BCUT2D eigenvalue weighted by molar-refractivity contribution is -0.138. The summed E-state index contributed by atoms with van der Waals surface area (Å²) in [5, 5.41) is 0. The van der Waals surface area contributed by atoms with Crippen LogP contribution in [0, 0.1) is 0 Å². The summed E-state index contributed by atoms with van der Waals surface area (Å²) in [7, 11) is 3.28. The van der Waals surface area contributed by atoms with E-state index in [1.165, 1.54) is 0 Å². The van der Waals surface area contributed by atoms with Gasteiger partial charge in [0.15, 0.2) is 0 Å². The zero-order valence-corrected chi connectivity index (χ0v) is 10.9. The van der Waals surface area contributed by atoms with Crippen molar-refractivity contribution in [1.82, 2.24) is 0 Å². The Labute approximate surface area is 102 Å². The average Bonchev–Trinajstić information content (AvgIpc) is 2.36. The monoisotopic (exact) mass is 236 g/mol. The molecule has 1 amide bonds. The van der Waals surface area contributed by atoms with E-state index in [-0.39, 0.29) is 5.91 Å². The number of carbonyl (C=O) groups excluding carboxylic acids is 1. The highest BCUT2D eigenvalue weighted by Crippen LogP contribution is 2.23. The zero-order chi connectivity index (χ0) is 13.1. The van der Waals surface area contributed by atoms with Gasteiger partial charge in [0.25, 0.3) is 5.91 Å². The number of methoxy groups -OCH3 is 1. The fraction of sp³-hybridized carbons (Fsp3) is 0.462. The number of amides is 1. The molecule has 0 aliphatic rings. The molecule has 0 fully saturated rings. The number of hydrogen-bond acceptors (Lipinski definition) is 3. The Bertz CT molecular complexity index is 400. The second kappa shape index (κ2) is 5.19. The minimum Gasteiger partial charge on any atom is -0.399 e. The Hall–Kier alpha value is -1.55. The second-order valence-electron chi connectivity index (χ2n) is 4.25. The molecule has 0 aliphatic carbocycles. The molecule has 0 spiro atoms. The van der Waals surface area contributed by atoms with Gasteiger partial charge in [-0.25, -0.2) is 0 Å². The van der Waals surface area contributed by atoms with E-state index in [9.17, 15) is 4.79 Å². The van der Waals surface area contributed by atoms with Gasteiger partial charge in [-0.15, -0.1) is 0 Å². The van der Waals surface area contributed by atoms with E-state index >= 15 is 0 Å².